The van der Waals surface area contributed by atoms with Crippen LogP contribution in [0.15, 0.2) is 24.3 Å². The van der Waals surface area contributed by atoms with Gasteiger partial charge in [-0.15, -0.1) is 0 Å². The number of unbranched alkanes of at least 4 members (excludes halogenated alkanes) is 28. The third-order valence-electron chi connectivity index (χ3n) is 25.5. The number of carbonyl (C=O) groups is 6. The molecule has 0 spiro atoms. The van der Waals surface area contributed by atoms with Gasteiger partial charge in [-0.25, -0.2) is 9.59 Å². The summed E-state index contributed by atoms with van der Waals surface area (Å²) in [6, 6.07) is -7.24. The zero-order chi connectivity index (χ0) is 99.5. The molecule has 0 radical (unpaired) electrons. The van der Waals surface area contributed by atoms with Crippen LogP contribution in [0.25, 0.3) is 0 Å². The number of ether oxygens (including phenoxy) is 12. The van der Waals surface area contributed by atoms with Crippen LogP contribution in [0.3, 0.4) is 0 Å². The zero-order valence-corrected chi connectivity index (χ0v) is 77.8. The second-order valence-electron chi connectivity index (χ2n) is 36.0. The predicted octanol–water partition coefficient (Wildman–Crippen LogP) is -3.81. The van der Waals surface area contributed by atoms with Gasteiger partial charge in [-0.05, 0) is 44.9 Å². The molecule has 135 heavy (non-hydrogen) atoms. The first-order valence-electron chi connectivity index (χ1n) is 48.2. The molecule has 4 amide bonds. The van der Waals surface area contributed by atoms with Crippen molar-refractivity contribution in [3.8, 4) is 0 Å². The highest BCUT2D eigenvalue weighted by molar-refractivity contribution is 5.79. The number of allylic oxidation sites excluding steroid dienone is 3. The van der Waals surface area contributed by atoms with E-state index in [1.165, 1.54) is 122 Å². The number of amides is 4. The number of rotatable bonds is 66. The van der Waals surface area contributed by atoms with Crippen molar-refractivity contribution >= 4 is 35.6 Å². The number of aliphatic hydroxyl groups excluding tert-OH is 21. The molecule has 27 N–H and O–H groups in total. The van der Waals surface area contributed by atoms with Gasteiger partial charge in [0.15, 0.2) is 25.2 Å². The fourth-order valence-corrected chi connectivity index (χ4v) is 17.7. The fourth-order valence-electron chi connectivity index (χ4n) is 17.7. The number of hydrogen-bond donors (Lipinski definition) is 27. The Morgan fingerprint density at radius 1 is 0.407 bits per heavy atom. The molecule has 6 heterocycles. The van der Waals surface area contributed by atoms with Gasteiger partial charge in [-0.1, -0.05) is 192 Å². The maximum absolute atomic E-state index is 13.8. The molecule has 0 aliphatic carbocycles. The van der Waals surface area contributed by atoms with Gasteiger partial charge in [0.25, 0.3) is 11.6 Å². The number of aliphatic hydroxyl groups is 21. The van der Waals surface area contributed by atoms with Crippen LogP contribution < -0.4 is 21.3 Å². The van der Waals surface area contributed by atoms with Crippen LogP contribution in [0.1, 0.15) is 239 Å². The first-order chi connectivity index (χ1) is 64.6. The smallest absolute Gasteiger partial charge is 0.364 e. The van der Waals surface area contributed by atoms with Crippen LogP contribution in [0.4, 0.5) is 0 Å². The van der Waals surface area contributed by atoms with E-state index in [1.807, 2.05) is 16.7 Å². The summed E-state index contributed by atoms with van der Waals surface area (Å²) in [6.45, 7) is -5.24. The Hall–Kier alpha value is -5.02. The minimum absolute atomic E-state index is 0.136. The number of nitrogens with one attached hydrogen (secondary N) is 4. The van der Waals surface area contributed by atoms with Crippen LogP contribution >= 0.6 is 0 Å². The maximum Gasteiger partial charge on any atom is 0.364 e. The average Bonchev–Trinajstić information content (AvgIpc) is 0.745. The topological polar surface area (TPSA) is 727 Å². The molecular formula is C90H158N4O41. The average molecular weight is 1950 g/mol. The minimum atomic E-state index is -3.59. The maximum atomic E-state index is 13.8. The lowest BCUT2D eigenvalue weighted by molar-refractivity contribution is -0.391. The van der Waals surface area contributed by atoms with Crippen molar-refractivity contribution in [2.45, 2.75) is 446 Å². The van der Waals surface area contributed by atoms with Crippen LogP contribution in [-0.2, 0) is 85.6 Å². The Morgan fingerprint density at radius 2 is 0.807 bits per heavy atom. The van der Waals surface area contributed by atoms with Gasteiger partial charge in [0.05, 0.1) is 82.7 Å². The van der Waals surface area contributed by atoms with E-state index in [9.17, 15) is 146 Å². The van der Waals surface area contributed by atoms with Crippen molar-refractivity contribution in [2.75, 3.05) is 59.5 Å². The Morgan fingerprint density at radius 3 is 1.25 bits per heavy atom. The van der Waals surface area contributed by atoms with Gasteiger partial charge in [0, 0.05) is 26.2 Å². The summed E-state index contributed by atoms with van der Waals surface area (Å²) in [6.07, 6.45) is -21.3. The van der Waals surface area contributed by atoms with E-state index in [2.05, 4.69) is 36.6 Å². The minimum Gasteiger partial charge on any atom is -0.477 e. The van der Waals surface area contributed by atoms with Crippen LogP contribution in [0.2, 0.25) is 0 Å². The number of carboxylic acids is 2. The van der Waals surface area contributed by atoms with E-state index in [0.29, 0.717) is 12.8 Å². The Labute approximate surface area is 787 Å². The van der Waals surface area contributed by atoms with Crippen LogP contribution in [0.5, 0.6) is 0 Å². The summed E-state index contributed by atoms with van der Waals surface area (Å²) in [4.78, 5) is 78.9. The van der Waals surface area contributed by atoms with Gasteiger partial charge >= 0.3 is 11.9 Å². The van der Waals surface area contributed by atoms with E-state index in [1.54, 1.807) is 6.08 Å². The quantitative estimate of drug-likeness (QED) is 0.0205. The van der Waals surface area contributed by atoms with E-state index >= 15 is 0 Å². The summed E-state index contributed by atoms with van der Waals surface area (Å²) in [5, 5.41) is 266. The van der Waals surface area contributed by atoms with E-state index in [-0.39, 0.29) is 12.3 Å². The molecule has 784 valence electrons. The van der Waals surface area contributed by atoms with Gasteiger partial charge in [0.1, 0.15) is 147 Å². The molecule has 0 bridgehead atoms. The first-order valence-corrected chi connectivity index (χ1v) is 48.2. The SMILES string of the molecule is CCCCCCCC/C=C\CCCCCCCCCCCCCC(=O)N[C@@H](CO[C@@H]1OC(CO)[C@@H](O[C@@H]2OC(CO)[C@H](O)[C@H](O[C@@H]3OC(CO)[C@@H](O[C@@H]4OC(CO)[C@H](O)[C@H](O[C@]5(C(=O)O)CC(O)[C@@H](NC(=O)CO)C([C@H](O)[C@@H](CO)O[C@]6(C(=O)O)CC(O)[C@@H](NC(=O)CO)C([C@H](O)[C@H](O)CO)O6)O5)C4O)[C@H](O)C3NC(C)=O)C2O)[C@H](O)C1O)[C@H](O)/C=C/CCCCCCCCCCCCC. The zero-order valence-electron chi connectivity index (χ0n) is 77.8. The highest BCUT2D eigenvalue weighted by atomic mass is 16.8. The molecule has 6 fully saturated rings. The molecule has 0 aromatic rings. The molecule has 12 unspecified atom stereocenters. The highest BCUT2D eigenvalue weighted by Gasteiger charge is 2.64. The summed E-state index contributed by atoms with van der Waals surface area (Å²) < 4.78 is 70.4. The molecule has 0 aromatic carbocycles. The summed E-state index contributed by atoms with van der Waals surface area (Å²) >= 11 is 0. The third-order valence-corrected chi connectivity index (χ3v) is 25.5. The molecule has 6 aliphatic heterocycles. The van der Waals surface area contributed by atoms with Crippen molar-refractivity contribution in [3.05, 3.63) is 24.3 Å². The van der Waals surface area contributed by atoms with Crippen molar-refractivity contribution in [1.29, 1.82) is 0 Å². The standard InChI is InChI=1S/C90H158N4O41/c1-4-6-8-10-12-14-16-18-19-20-21-22-23-24-25-27-29-31-33-35-37-39-62(108)92-52(53(104)38-36-34-32-30-28-26-17-15-13-11-9-7-5-2)50-124-84-74(117)73(116)78(61(47-100)128-84)130-85-75(118)81(69(112)57(43-96)125-85)131-83-67(91-51(3)103)72(115)77(60(46-99)127-83)129-86-76(119)82(70(113)58(44-97)126-86)135-90(88(122)123)41-55(106)66(94-64(110)49-102)80(134-90)71(114)59(45-98)132-89(87(120)121)40-54(105)65(93-63(109)48-101)79(133-89)68(111)56(107)42-95/h18-19,36,38,52-61,65-86,95-102,104-107,111-119H,4-17,20-35,37,39-50H2,1-3H3,(H,91,103)(H,92,108)(H,93,109)(H,94,110)(H,120,121)(H,122,123)/b19-18-,38-36+/t52-,53+,54?,55?,56+,57?,58?,59+,60?,61?,65+,66+,67?,68+,69-,70-,71+,72+,73+,74?,75?,76?,77+,78+,79?,80?,81-,82-,83-,84+,85-,86-,89+,90-/m0/s1. The Balaban J connectivity index is 1.13. The molecule has 6 saturated heterocycles. The number of carbonyl (C=O) groups excluding carboxylic acids is 4. The van der Waals surface area contributed by atoms with Crippen LogP contribution in [0, 0.1) is 0 Å². The van der Waals surface area contributed by atoms with Gasteiger partial charge < -0.3 is 196 Å². The van der Waals surface area contributed by atoms with Gasteiger partial charge in [-0.2, -0.15) is 0 Å². The molecule has 6 aliphatic rings. The normalized spacial score (nSPS) is 33.8. The molecule has 6 rings (SSSR count). The molecule has 0 saturated carbocycles. The van der Waals surface area contributed by atoms with E-state index in [4.69, 9.17) is 56.8 Å². The van der Waals surface area contributed by atoms with Crippen LogP contribution in [-0.4, -0.2) is 420 Å². The second kappa shape index (κ2) is 62.4. The molecular weight excluding hydrogens is 1790 g/mol. The van der Waals surface area contributed by atoms with E-state index < -0.39 is 309 Å². The highest BCUT2D eigenvalue weighted by Crippen LogP contribution is 2.43. The Bertz CT molecular complexity index is 3400. The fraction of sp³-hybridized carbons (Fsp3) is 0.889. The predicted molar refractivity (Wildman–Crippen MR) is 470 cm³/mol. The number of carboxylic acid groups (broad SMARTS) is 2. The monoisotopic (exact) mass is 1950 g/mol. The summed E-state index contributed by atoms with van der Waals surface area (Å²) in [7, 11) is 0. The number of hydrogen-bond acceptors (Lipinski definition) is 39. The second-order valence-corrected chi connectivity index (χ2v) is 36.0. The summed E-state index contributed by atoms with van der Waals surface area (Å²) in [5.74, 6) is -15.6. The van der Waals surface area contributed by atoms with Gasteiger partial charge in [-0.3, -0.25) is 19.2 Å². The van der Waals surface area contributed by atoms with E-state index in [0.717, 1.165) is 71.1 Å². The van der Waals surface area contributed by atoms with Crippen molar-refractivity contribution in [2.24, 2.45) is 0 Å². The molecule has 45 nitrogen and oxygen atoms in total. The van der Waals surface area contributed by atoms with Crippen molar-refractivity contribution in [1.82, 2.24) is 21.3 Å². The largest absolute Gasteiger partial charge is 0.477 e. The van der Waals surface area contributed by atoms with Gasteiger partial charge in [0.2, 0.25) is 23.6 Å². The lowest BCUT2D eigenvalue weighted by Gasteiger charge is -2.52. The lowest BCUT2D eigenvalue weighted by Crippen LogP contribution is -2.72. The first kappa shape index (κ1) is 119. The summed E-state index contributed by atoms with van der Waals surface area (Å²) in [5.41, 5.74) is 0. The van der Waals surface area contributed by atoms with Crippen molar-refractivity contribution < 1.29 is 203 Å². The Kier molecular flexibility index (Phi) is 54.9. The lowest BCUT2D eigenvalue weighted by atomic mass is 9.87. The molecule has 45 heteroatoms. The molecule has 0 aromatic heterocycles. The third kappa shape index (κ3) is 36.1. The van der Waals surface area contributed by atoms with Crippen molar-refractivity contribution in [3.63, 3.8) is 0 Å². The molecule has 34 atom stereocenters. The number of aliphatic carboxylic acids is 2.